The third kappa shape index (κ3) is 5.53. The molecule has 2 aliphatic rings. The molecule has 0 radical (unpaired) electrons. The topological polar surface area (TPSA) is 81.5 Å². The number of amides is 1. The Hall–Kier alpha value is -4.13. The molecule has 1 saturated carbocycles. The fraction of sp³-hybridized carbons (Fsp3) is 0.344. The Kier molecular flexibility index (Phi) is 7.96. The highest BCUT2D eigenvalue weighted by Crippen LogP contribution is 2.44. The lowest BCUT2D eigenvalue weighted by atomic mass is 9.75. The van der Waals surface area contributed by atoms with Gasteiger partial charge in [-0.05, 0) is 74.2 Å². The van der Waals surface area contributed by atoms with Gasteiger partial charge in [0.1, 0.15) is 5.75 Å². The molecule has 1 fully saturated rings. The predicted molar refractivity (Wildman–Crippen MR) is 154 cm³/mol. The van der Waals surface area contributed by atoms with E-state index in [2.05, 4.69) is 34.8 Å². The Balaban J connectivity index is 1.45. The molecular weight excluding hydrogens is 490 g/mol. The van der Waals surface area contributed by atoms with Gasteiger partial charge in [-0.25, -0.2) is 5.43 Å². The Bertz CT molecular complexity index is 1430. The molecule has 0 spiro atoms. The molecule has 1 aliphatic heterocycles. The molecule has 0 saturated heterocycles. The molecule has 1 N–H and O–H groups in total. The van der Waals surface area contributed by atoms with Crippen molar-refractivity contribution in [1.29, 1.82) is 0 Å². The molecule has 5 rings (SSSR count). The van der Waals surface area contributed by atoms with E-state index in [4.69, 9.17) is 19.2 Å². The number of hydrogen-bond donors (Lipinski definition) is 1. The molecule has 0 aromatic heterocycles. The van der Waals surface area contributed by atoms with Crippen molar-refractivity contribution in [3.8, 4) is 17.2 Å². The van der Waals surface area contributed by atoms with Crippen molar-refractivity contribution < 1.29 is 19.0 Å². The van der Waals surface area contributed by atoms with Crippen LogP contribution < -0.4 is 19.6 Å². The molecule has 0 unspecified atom stereocenters. The molecule has 3 aromatic rings. The van der Waals surface area contributed by atoms with Crippen LogP contribution in [0.5, 0.6) is 17.2 Å². The summed E-state index contributed by atoms with van der Waals surface area (Å²) in [6, 6.07) is 19.7. The number of benzene rings is 3. The number of carbonyl (C=O) groups excluding carboxylic acids is 1. The molecular formula is C32H35N3O4. The predicted octanol–water partition coefficient (Wildman–Crippen LogP) is 6.13. The normalized spacial score (nSPS) is 18.4. The lowest BCUT2D eigenvalue weighted by Gasteiger charge is -2.35. The number of methoxy groups -OCH3 is 2. The van der Waals surface area contributed by atoms with Crippen molar-refractivity contribution >= 4 is 17.3 Å². The Labute approximate surface area is 229 Å². The van der Waals surface area contributed by atoms with Crippen LogP contribution in [-0.4, -0.2) is 44.2 Å². The number of nitrogens with zero attached hydrogens (tertiary/aromatic N) is 2. The number of fused-ring (bicyclic) bond motifs is 3. The quantitative estimate of drug-likeness (QED) is 0.283. The molecule has 39 heavy (non-hydrogen) atoms. The highest BCUT2D eigenvalue weighted by atomic mass is 16.5. The molecule has 7 heteroatoms. The van der Waals surface area contributed by atoms with E-state index < -0.39 is 0 Å². The van der Waals surface area contributed by atoms with Gasteiger partial charge in [0.2, 0.25) is 0 Å². The van der Waals surface area contributed by atoms with Gasteiger partial charge in [-0.15, -0.1) is 0 Å². The first kappa shape index (κ1) is 26.5. The lowest BCUT2D eigenvalue weighted by Crippen LogP contribution is -2.29. The van der Waals surface area contributed by atoms with Crippen LogP contribution in [0.4, 0.5) is 0 Å². The van der Waals surface area contributed by atoms with Gasteiger partial charge in [-0.1, -0.05) is 37.1 Å². The van der Waals surface area contributed by atoms with Gasteiger partial charge in [0.15, 0.2) is 11.5 Å². The zero-order valence-electron chi connectivity index (χ0n) is 23.0. The number of hydrogen-bond acceptors (Lipinski definition) is 6. The smallest absolute Gasteiger partial charge is 0.271 e. The Morgan fingerprint density at radius 3 is 2.51 bits per heavy atom. The summed E-state index contributed by atoms with van der Waals surface area (Å²) in [4.78, 5) is 18.0. The van der Waals surface area contributed by atoms with Crippen LogP contribution in [0.25, 0.3) is 0 Å². The summed E-state index contributed by atoms with van der Waals surface area (Å²) in [6.45, 7) is 4.33. The SMILES string of the molecule is CCOc1cccc(C(=O)NN=C(C)c2cccc(C3=N[C@@H]4CCCC[C@@H]4c4cc(OC)c(OC)cc43)c2)c1. The summed E-state index contributed by atoms with van der Waals surface area (Å²) in [6.07, 6.45) is 4.62. The van der Waals surface area contributed by atoms with Crippen molar-refractivity contribution in [2.24, 2.45) is 10.1 Å². The second-order valence-corrected chi connectivity index (χ2v) is 9.91. The Morgan fingerprint density at radius 1 is 0.974 bits per heavy atom. The monoisotopic (exact) mass is 525 g/mol. The first-order chi connectivity index (χ1) is 19.0. The fourth-order valence-electron chi connectivity index (χ4n) is 5.55. The molecule has 1 amide bonds. The van der Waals surface area contributed by atoms with E-state index in [0.29, 0.717) is 35.3 Å². The fourth-order valence-corrected chi connectivity index (χ4v) is 5.55. The number of rotatable bonds is 8. The van der Waals surface area contributed by atoms with Crippen LogP contribution in [0.15, 0.2) is 70.8 Å². The van der Waals surface area contributed by atoms with E-state index >= 15 is 0 Å². The molecule has 202 valence electrons. The third-order valence-electron chi connectivity index (χ3n) is 7.52. The van der Waals surface area contributed by atoms with E-state index in [0.717, 1.165) is 41.0 Å². The van der Waals surface area contributed by atoms with E-state index in [-0.39, 0.29) is 11.9 Å². The van der Waals surface area contributed by atoms with E-state index in [1.165, 1.54) is 18.4 Å². The summed E-state index contributed by atoms with van der Waals surface area (Å²) in [5, 5.41) is 4.39. The maximum absolute atomic E-state index is 12.7. The molecule has 2 atom stereocenters. The van der Waals surface area contributed by atoms with Crippen molar-refractivity contribution in [2.45, 2.75) is 51.5 Å². The van der Waals surface area contributed by atoms with Gasteiger partial charge in [0.05, 0.1) is 38.3 Å². The van der Waals surface area contributed by atoms with E-state index in [9.17, 15) is 4.79 Å². The average molecular weight is 526 g/mol. The lowest BCUT2D eigenvalue weighted by molar-refractivity contribution is 0.0954. The van der Waals surface area contributed by atoms with Crippen molar-refractivity contribution in [3.05, 3.63) is 88.5 Å². The number of aliphatic imine (C=N–C) groups is 1. The molecule has 3 aromatic carbocycles. The number of ether oxygens (including phenoxy) is 3. The number of hydrazone groups is 1. The summed E-state index contributed by atoms with van der Waals surface area (Å²) < 4.78 is 16.8. The second kappa shape index (κ2) is 11.7. The van der Waals surface area contributed by atoms with Crippen LogP contribution in [0, 0.1) is 0 Å². The van der Waals surface area contributed by atoms with Crippen LogP contribution in [0.3, 0.4) is 0 Å². The van der Waals surface area contributed by atoms with Crippen molar-refractivity contribution in [3.63, 3.8) is 0 Å². The Morgan fingerprint density at radius 2 is 1.72 bits per heavy atom. The molecule has 1 heterocycles. The minimum Gasteiger partial charge on any atom is -0.494 e. The standard InChI is InChI=1S/C32H35N3O4/c1-5-39-24-13-9-12-23(17-24)32(36)35-34-20(2)21-10-8-11-22(16-21)31-27-19-30(38-4)29(37-3)18-26(27)25-14-6-7-15-28(25)33-31/h8-13,16-19,25,28H,5-7,14-15H2,1-4H3,(H,35,36)/t25-,28-/m1/s1. The van der Waals surface area contributed by atoms with E-state index in [1.54, 1.807) is 32.4 Å². The molecule has 1 aliphatic carbocycles. The van der Waals surface area contributed by atoms with Gasteiger partial charge in [-0.3, -0.25) is 9.79 Å². The summed E-state index contributed by atoms with van der Waals surface area (Å²) >= 11 is 0. The van der Waals surface area contributed by atoms with Crippen molar-refractivity contribution in [2.75, 3.05) is 20.8 Å². The van der Waals surface area contributed by atoms with Crippen molar-refractivity contribution in [1.82, 2.24) is 5.43 Å². The first-order valence-electron chi connectivity index (χ1n) is 13.5. The highest BCUT2D eigenvalue weighted by Gasteiger charge is 2.34. The average Bonchev–Trinajstić information content (AvgIpc) is 2.98. The first-order valence-corrected chi connectivity index (χ1v) is 13.5. The minimum atomic E-state index is -0.290. The van der Waals surface area contributed by atoms with Gasteiger partial charge >= 0.3 is 0 Å². The summed E-state index contributed by atoms with van der Waals surface area (Å²) in [5.41, 5.74) is 9.11. The van der Waals surface area contributed by atoms with Crippen LogP contribution >= 0.6 is 0 Å². The van der Waals surface area contributed by atoms with Gasteiger partial charge < -0.3 is 14.2 Å². The maximum Gasteiger partial charge on any atom is 0.271 e. The number of carbonyl (C=O) groups is 1. The second-order valence-electron chi connectivity index (χ2n) is 9.91. The van der Waals surface area contributed by atoms with E-state index in [1.807, 2.05) is 32.0 Å². The zero-order chi connectivity index (χ0) is 27.4. The maximum atomic E-state index is 12.7. The highest BCUT2D eigenvalue weighted by molar-refractivity contribution is 6.16. The number of nitrogens with one attached hydrogen (secondary N) is 1. The van der Waals surface area contributed by atoms with Crippen LogP contribution in [-0.2, 0) is 0 Å². The zero-order valence-corrected chi connectivity index (χ0v) is 23.0. The largest absolute Gasteiger partial charge is 0.494 e. The minimum absolute atomic E-state index is 0.254. The van der Waals surface area contributed by atoms with Gasteiger partial charge in [-0.2, -0.15) is 5.10 Å². The van der Waals surface area contributed by atoms with Crippen LogP contribution in [0.2, 0.25) is 0 Å². The molecule has 7 nitrogen and oxygen atoms in total. The van der Waals surface area contributed by atoms with Crippen LogP contribution in [0.1, 0.15) is 78.1 Å². The van der Waals surface area contributed by atoms with Gasteiger partial charge in [0, 0.05) is 22.6 Å². The van der Waals surface area contributed by atoms with Gasteiger partial charge in [0.25, 0.3) is 5.91 Å². The summed E-state index contributed by atoms with van der Waals surface area (Å²) in [7, 11) is 3.34. The third-order valence-corrected chi connectivity index (χ3v) is 7.52. The molecule has 0 bridgehead atoms. The summed E-state index contributed by atoms with van der Waals surface area (Å²) in [5.74, 6) is 2.20.